The summed E-state index contributed by atoms with van der Waals surface area (Å²) in [6, 6.07) is 12.9. The largest absolute Gasteiger partial charge is 0.453 e. The number of hydrogen-bond acceptors (Lipinski definition) is 7. The molecule has 0 radical (unpaired) electrons. The average Bonchev–Trinajstić information content (AvgIpc) is 2.77. The van der Waals surface area contributed by atoms with Gasteiger partial charge in [-0.3, -0.25) is 10.2 Å². The van der Waals surface area contributed by atoms with Gasteiger partial charge < -0.3 is 14.2 Å². The quantitative estimate of drug-likeness (QED) is 0.658. The van der Waals surface area contributed by atoms with Crippen LogP contribution in [0, 0.1) is 5.82 Å². The fourth-order valence-corrected chi connectivity index (χ4v) is 3.00. The maximum Gasteiger partial charge on any atom is 0.415 e. The third-order valence-corrected chi connectivity index (χ3v) is 4.49. The fraction of sp³-hybridized carbons (Fsp3) is 0.143. The van der Waals surface area contributed by atoms with Crippen LogP contribution in [0.5, 0.6) is 17.4 Å². The molecule has 3 aromatic rings. The van der Waals surface area contributed by atoms with E-state index in [2.05, 4.69) is 20.3 Å². The number of methoxy groups -OCH3 is 1. The highest BCUT2D eigenvalue weighted by molar-refractivity contribution is 5.84. The molecule has 1 N–H and O–H groups in total. The van der Waals surface area contributed by atoms with Crippen LogP contribution in [-0.4, -0.2) is 34.4 Å². The summed E-state index contributed by atoms with van der Waals surface area (Å²) in [5.41, 5.74) is 0.910. The molecule has 1 aliphatic rings. The van der Waals surface area contributed by atoms with Crippen LogP contribution in [0.25, 0.3) is 0 Å². The van der Waals surface area contributed by atoms with Gasteiger partial charge in [-0.05, 0) is 24.3 Å². The molecule has 0 atom stereocenters. The van der Waals surface area contributed by atoms with Gasteiger partial charge in [0, 0.05) is 29.5 Å². The molecule has 0 fully saturated rings. The van der Waals surface area contributed by atoms with Crippen molar-refractivity contribution in [2.24, 2.45) is 0 Å². The summed E-state index contributed by atoms with van der Waals surface area (Å²) in [7, 11) is 1.18. The number of anilines is 1. The van der Waals surface area contributed by atoms with Gasteiger partial charge in [0.2, 0.25) is 5.88 Å². The van der Waals surface area contributed by atoms with Crippen molar-refractivity contribution >= 4 is 17.9 Å². The molecule has 158 valence electrons. The number of amides is 2. The van der Waals surface area contributed by atoms with Gasteiger partial charge in [0.05, 0.1) is 25.9 Å². The lowest BCUT2D eigenvalue weighted by atomic mass is 10.1. The Kier molecular flexibility index (Phi) is 5.61. The Bertz CT molecular complexity index is 1130. The Morgan fingerprint density at radius 2 is 2.13 bits per heavy atom. The average molecular weight is 424 g/mol. The number of carbonyl (C=O) groups is 2. The van der Waals surface area contributed by atoms with E-state index in [9.17, 15) is 14.0 Å². The second kappa shape index (κ2) is 8.66. The summed E-state index contributed by atoms with van der Waals surface area (Å²) in [4.78, 5) is 25.2. The molecule has 1 aliphatic heterocycles. The number of fused-ring (bicyclic) bond motifs is 1. The highest BCUT2D eigenvalue weighted by Crippen LogP contribution is 2.32. The molecule has 0 spiro atoms. The van der Waals surface area contributed by atoms with Crippen molar-refractivity contribution < 1.29 is 28.2 Å². The van der Waals surface area contributed by atoms with Crippen molar-refractivity contribution in [1.82, 2.24) is 15.1 Å². The molecule has 2 aromatic carbocycles. The molecule has 2 heterocycles. The highest BCUT2D eigenvalue weighted by atomic mass is 19.1. The second-order valence-electron chi connectivity index (χ2n) is 6.55. The van der Waals surface area contributed by atoms with E-state index < -0.39 is 18.0 Å². The van der Waals surface area contributed by atoms with E-state index in [0.29, 0.717) is 17.4 Å². The molecular formula is C21H17FN4O5. The Labute approximate surface area is 176 Å². The van der Waals surface area contributed by atoms with Crippen molar-refractivity contribution in [3.63, 3.8) is 0 Å². The highest BCUT2D eigenvalue weighted by Gasteiger charge is 2.27. The van der Waals surface area contributed by atoms with Gasteiger partial charge in [0.1, 0.15) is 11.5 Å². The van der Waals surface area contributed by atoms with Crippen LogP contribution in [0.15, 0.2) is 54.7 Å². The molecule has 0 bridgehead atoms. The monoisotopic (exact) mass is 424 g/mol. The third kappa shape index (κ3) is 4.53. The number of halogens is 1. The fourth-order valence-electron chi connectivity index (χ4n) is 3.00. The molecule has 0 unspecified atom stereocenters. The topological polar surface area (TPSA) is 103 Å². The lowest BCUT2D eigenvalue weighted by Gasteiger charge is -2.28. The van der Waals surface area contributed by atoms with E-state index in [1.165, 1.54) is 30.3 Å². The lowest BCUT2D eigenvalue weighted by Crippen LogP contribution is -2.36. The Hall–Kier alpha value is -4.21. The first-order valence-electron chi connectivity index (χ1n) is 9.21. The van der Waals surface area contributed by atoms with Crippen LogP contribution in [0.3, 0.4) is 0 Å². The zero-order valence-electron chi connectivity index (χ0n) is 16.4. The van der Waals surface area contributed by atoms with Crippen LogP contribution >= 0.6 is 0 Å². The van der Waals surface area contributed by atoms with Crippen molar-refractivity contribution in [2.75, 3.05) is 12.4 Å². The van der Waals surface area contributed by atoms with Gasteiger partial charge >= 0.3 is 12.2 Å². The number of nitrogens with zero attached hydrogens (tertiary/aromatic N) is 3. The summed E-state index contributed by atoms with van der Waals surface area (Å²) in [6.45, 7) is 0.173. The van der Waals surface area contributed by atoms with Gasteiger partial charge in [-0.2, -0.15) is 5.10 Å². The minimum absolute atomic E-state index is 0.0408. The zero-order valence-corrected chi connectivity index (χ0v) is 16.4. The number of carbonyl (C=O) groups excluding carboxylic acids is 2. The number of nitrogens with one attached hydrogen (secondary N) is 1. The SMILES string of the molecule is COC(=O)Nc1cccc(CN2Cc3ccc(Oc4cccnn4)cc3OC2=O)c1F. The molecule has 10 heteroatoms. The number of ether oxygens (including phenoxy) is 3. The standard InChI is InChI=1S/C21H17FN4O5/c1-29-20(27)24-16-5-2-4-14(19(16)22)12-26-11-13-7-8-15(10-17(13)31-21(26)28)30-18-6-3-9-23-25-18/h2-10H,11-12H2,1H3,(H,24,27). The van der Waals surface area contributed by atoms with Crippen LogP contribution in [0.1, 0.15) is 11.1 Å². The van der Waals surface area contributed by atoms with Gasteiger partial charge in [0.15, 0.2) is 5.82 Å². The van der Waals surface area contributed by atoms with Gasteiger partial charge in [0.25, 0.3) is 0 Å². The predicted octanol–water partition coefficient (Wildman–Crippen LogP) is 4.10. The molecule has 0 saturated heterocycles. The summed E-state index contributed by atoms with van der Waals surface area (Å²) < 4.78 is 30.2. The van der Waals surface area contributed by atoms with E-state index in [1.807, 2.05) is 0 Å². The summed E-state index contributed by atoms with van der Waals surface area (Å²) in [5, 5.41) is 9.87. The van der Waals surface area contributed by atoms with E-state index in [1.54, 1.807) is 36.4 Å². The van der Waals surface area contributed by atoms with Crippen LogP contribution < -0.4 is 14.8 Å². The summed E-state index contributed by atoms with van der Waals surface area (Å²) in [5.74, 6) is 0.443. The Balaban J connectivity index is 1.49. The smallest absolute Gasteiger partial charge is 0.415 e. The Morgan fingerprint density at radius 1 is 1.26 bits per heavy atom. The molecule has 2 amide bonds. The second-order valence-corrected chi connectivity index (χ2v) is 6.55. The summed E-state index contributed by atoms with van der Waals surface area (Å²) in [6.07, 6.45) is 0.108. The number of benzene rings is 2. The maximum absolute atomic E-state index is 14.7. The predicted molar refractivity (Wildman–Crippen MR) is 106 cm³/mol. The lowest BCUT2D eigenvalue weighted by molar-refractivity contribution is 0.134. The van der Waals surface area contributed by atoms with Crippen LogP contribution in [0.2, 0.25) is 0 Å². The summed E-state index contributed by atoms with van der Waals surface area (Å²) >= 11 is 0. The van der Waals surface area contributed by atoms with Crippen molar-refractivity contribution in [2.45, 2.75) is 13.1 Å². The first kappa shape index (κ1) is 20.1. The van der Waals surface area contributed by atoms with E-state index in [4.69, 9.17) is 9.47 Å². The molecule has 1 aromatic heterocycles. The number of hydrogen-bond donors (Lipinski definition) is 1. The maximum atomic E-state index is 14.7. The van der Waals surface area contributed by atoms with E-state index in [-0.39, 0.29) is 24.3 Å². The van der Waals surface area contributed by atoms with Gasteiger partial charge in [-0.1, -0.05) is 12.1 Å². The molecule has 0 aliphatic carbocycles. The minimum Gasteiger partial charge on any atom is -0.453 e. The first-order valence-corrected chi connectivity index (χ1v) is 9.21. The van der Waals surface area contributed by atoms with Crippen LogP contribution in [-0.2, 0) is 17.8 Å². The van der Waals surface area contributed by atoms with Crippen molar-refractivity contribution in [1.29, 1.82) is 0 Å². The van der Waals surface area contributed by atoms with Crippen molar-refractivity contribution in [3.05, 3.63) is 71.7 Å². The minimum atomic E-state index is -0.790. The third-order valence-electron chi connectivity index (χ3n) is 4.49. The van der Waals surface area contributed by atoms with Crippen molar-refractivity contribution in [3.8, 4) is 17.4 Å². The van der Waals surface area contributed by atoms with Crippen LogP contribution in [0.4, 0.5) is 19.7 Å². The normalized spacial score (nSPS) is 12.6. The Morgan fingerprint density at radius 3 is 2.90 bits per heavy atom. The molecule has 31 heavy (non-hydrogen) atoms. The molecular weight excluding hydrogens is 407 g/mol. The van der Waals surface area contributed by atoms with E-state index in [0.717, 1.165) is 5.56 Å². The zero-order chi connectivity index (χ0) is 21.8. The molecule has 4 rings (SSSR count). The first-order chi connectivity index (χ1) is 15.0. The van der Waals surface area contributed by atoms with Gasteiger partial charge in [-0.25, -0.2) is 14.0 Å². The van der Waals surface area contributed by atoms with Gasteiger partial charge in [-0.15, -0.1) is 5.10 Å². The number of rotatable bonds is 5. The molecule has 0 saturated carbocycles. The molecule has 9 nitrogen and oxygen atoms in total. The van der Waals surface area contributed by atoms with E-state index >= 15 is 0 Å². The number of aromatic nitrogens is 2.